The van der Waals surface area contributed by atoms with Crippen molar-refractivity contribution in [1.29, 1.82) is 0 Å². The summed E-state index contributed by atoms with van der Waals surface area (Å²) in [5.41, 5.74) is 7.24. The number of aliphatic hydroxyl groups excluding tert-OH is 1. The van der Waals surface area contributed by atoms with Crippen LogP contribution < -0.4 is 11.1 Å². The molecule has 2 unspecified atom stereocenters. The number of nitrogens with two attached hydrogens (primary N) is 1. The van der Waals surface area contributed by atoms with E-state index in [0.29, 0.717) is 35.4 Å². The summed E-state index contributed by atoms with van der Waals surface area (Å²) in [5, 5.41) is 18.2. The van der Waals surface area contributed by atoms with Crippen LogP contribution in [0.4, 0.5) is 24.8 Å². The van der Waals surface area contributed by atoms with E-state index in [4.69, 9.17) is 10.8 Å². The quantitative estimate of drug-likeness (QED) is 0.320. The molecule has 1 aliphatic heterocycles. The number of hydrogen-bond acceptors (Lipinski definition) is 8. The molecule has 1 aliphatic rings. The minimum Gasteiger partial charge on any atom is -0.383 e. The lowest BCUT2D eigenvalue weighted by molar-refractivity contribution is -0.137. The second-order valence-corrected chi connectivity index (χ2v) is 9.27. The molecular weight excluding hydrogens is 525 g/mol. The molecule has 4 heterocycles. The fourth-order valence-corrected chi connectivity index (χ4v) is 4.72. The standard InChI is InChI=1S/C27H25F3N8O2/c1-2-4-21(39)37-12-3-5-19(14-37)38-25-22(24(31)33-15-34-25)23(36-38)16-6-8-17(9-7-16)26(40)35-20-13-18(10-11-32-20)27(28,29)30/h6-11,13,15,19,21,39H,3,5,12,14H2,1H3,(H2,31,33,34)(H,32,35,40). The van der Waals surface area contributed by atoms with Crippen LogP contribution in [0, 0.1) is 11.8 Å². The summed E-state index contributed by atoms with van der Waals surface area (Å²) in [6.07, 6.45) is -1.44. The van der Waals surface area contributed by atoms with Crippen LogP contribution in [0.3, 0.4) is 0 Å². The summed E-state index contributed by atoms with van der Waals surface area (Å²) in [7, 11) is 0. The van der Waals surface area contributed by atoms with E-state index in [2.05, 4.69) is 32.1 Å². The van der Waals surface area contributed by atoms with Crippen molar-refractivity contribution in [2.75, 3.05) is 24.1 Å². The zero-order chi connectivity index (χ0) is 28.4. The number of aromatic nitrogens is 5. The number of carbonyl (C=O) groups is 1. The molecule has 13 heteroatoms. The zero-order valence-corrected chi connectivity index (χ0v) is 21.4. The number of nitrogen functional groups attached to an aromatic ring is 1. The van der Waals surface area contributed by atoms with Crippen molar-refractivity contribution >= 4 is 28.6 Å². The Hall–Kier alpha value is -4.54. The highest BCUT2D eigenvalue weighted by atomic mass is 19.4. The van der Waals surface area contributed by atoms with Crippen LogP contribution in [0.15, 0.2) is 48.9 Å². The molecule has 0 spiro atoms. The van der Waals surface area contributed by atoms with Gasteiger partial charge in [0.2, 0.25) is 0 Å². The first-order valence-corrected chi connectivity index (χ1v) is 12.4. The minimum absolute atomic E-state index is 0.0994. The first-order valence-electron chi connectivity index (χ1n) is 12.4. The lowest BCUT2D eigenvalue weighted by Gasteiger charge is -2.34. The Morgan fingerprint density at radius 1 is 1.20 bits per heavy atom. The van der Waals surface area contributed by atoms with Gasteiger partial charge in [-0.05, 0) is 44.0 Å². The number of anilines is 2. The second kappa shape index (κ2) is 10.9. The van der Waals surface area contributed by atoms with E-state index in [0.717, 1.165) is 31.2 Å². The monoisotopic (exact) mass is 550 g/mol. The molecule has 3 aromatic heterocycles. The summed E-state index contributed by atoms with van der Waals surface area (Å²) >= 11 is 0. The van der Waals surface area contributed by atoms with Gasteiger partial charge in [0.05, 0.1) is 17.0 Å². The molecule has 1 amide bonds. The molecule has 40 heavy (non-hydrogen) atoms. The first-order chi connectivity index (χ1) is 19.2. The maximum absolute atomic E-state index is 13.0. The van der Waals surface area contributed by atoms with Crippen molar-refractivity contribution in [1.82, 2.24) is 29.6 Å². The number of fused-ring (bicyclic) bond motifs is 1. The van der Waals surface area contributed by atoms with Crippen LogP contribution in [0.25, 0.3) is 22.3 Å². The van der Waals surface area contributed by atoms with E-state index in [9.17, 15) is 23.1 Å². The Labute approximate surface area is 227 Å². The van der Waals surface area contributed by atoms with E-state index in [1.807, 2.05) is 4.90 Å². The second-order valence-electron chi connectivity index (χ2n) is 9.27. The number of amides is 1. The van der Waals surface area contributed by atoms with Gasteiger partial charge in [-0.3, -0.25) is 9.69 Å². The van der Waals surface area contributed by atoms with Crippen LogP contribution in [-0.4, -0.2) is 60.0 Å². The largest absolute Gasteiger partial charge is 0.416 e. The van der Waals surface area contributed by atoms with Crippen molar-refractivity contribution in [3.8, 4) is 23.1 Å². The Morgan fingerprint density at radius 3 is 2.70 bits per heavy atom. The Bertz CT molecular complexity index is 1610. The summed E-state index contributed by atoms with van der Waals surface area (Å²) in [6, 6.07) is 7.90. The number of piperidine rings is 1. The summed E-state index contributed by atoms with van der Waals surface area (Å²) in [5.74, 6) is 4.92. The molecule has 0 saturated carbocycles. The Balaban J connectivity index is 1.42. The van der Waals surface area contributed by atoms with E-state index in [1.165, 1.54) is 18.5 Å². The molecule has 206 valence electrons. The predicted molar refractivity (Wildman–Crippen MR) is 142 cm³/mol. The highest BCUT2D eigenvalue weighted by Gasteiger charge is 2.31. The Kier molecular flexibility index (Phi) is 7.38. The van der Waals surface area contributed by atoms with Gasteiger partial charge in [-0.1, -0.05) is 18.1 Å². The molecule has 2 atom stereocenters. The molecule has 10 nitrogen and oxygen atoms in total. The van der Waals surface area contributed by atoms with Crippen molar-refractivity contribution in [2.24, 2.45) is 0 Å². The molecule has 4 aromatic rings. The van der Waals surface area contributed by atoms with Gasteiger partial charge in [-0.25, -0.2) is 19.6 Å². The van der Waals surface area contributed by atoms with E-state index < -0.39 is 23.9 Å². The third-order valence-electron chi connectivity index (χ3n) is 6.66. The molecule has 0 aliphatic carbocycles. The summed E-state index contributed by atoms with van der Waals surface area (Å²) < 4.78 is 40.8. The van der Waals surface area contributed by atoms with Gasteiger partial charge in [0, 0.05) is 30.4 Å². The third kappa shape index (κ3) is 5.45. The summed E-state index contributed by atoms with van der Waals surface area (Å²) in [6.45, 7) is 2.89. The van der Waals surface area contributed by atoms with E-state index in [-0.39, 0.29) is 23.2 Å². The topological polar surface area (TPSA) is 135 Å². The van der Waals surface area contributed by atoms with Gasteiger partial charge in [-0.2, -0.15) is 18.3 Å². The van der Waals surface area contributed by atoms with Crippen molar-refractivity contribution in [3.05, 3.63) is 60.0 Å². The number of alkyl halides is 3. The van der Waals surface area contributed by atoms with Gasteiger partial charge in [0.15, 0.2) is 11.9 Å². The van der Waals surface area contributed by atoms with Gasteiger partial charge >= 0.3 is 6.18 Å². The van der Waals surface area contributed by atoms with Crippen molar-refractivity contribution in [2.45, 2.75) is 38.2 Å². The lowest BCUT2D eigenvalue weighted by Crippen LogP contribution is -2.43. The lowest BCUT2D eigenvalue weighted by atomic mass is 10.1. The normalized spacial score (nSPS) is 16.8. The average Bonchev–Trinajstić information content (AvgIpc) is 3.34. The number of nitrogens with zero attached hydrogens (tertiary/aromatic N) is 6. The number of pyridine rings is 1. The molecule has 1 saturated heterocycles. The molecule has 1 fully saturated rings. The SMILES string of the molecule is CC#CC(O)N1CCCC(n2nc(-c3ccc(C(=O)Nc4cc(C(F)(F)F)ccn4)cc3)c3c(N)ncnc32)C1. The van der Waals surface area contributed by atoms with Crippen LogP contribution in [0.5, 0.6) is 0 Å². The number of carbonyl (C=O) groups excluding carboxylic acids is 1. The van der Waals surface area contributed by atoms with Gasteiger partial charge in [0.1, 0.15) is 23.7 Å². The molecule has 5 rings (SSSR count). The number of halogens is 3. The number of hydrogen-bond donors (Lipinski definition) is 3. The van der Waals surface area contributed by atoms with Crippen LogP contribution in [0.1, 0.15) is 41.7 Å². The number of benzene rings is 1. The molecule has 4 N–H and O–H groups in total. The Morgan fingerprint density at radius 2 is 1.98 bits per heavy atom. The number of likely N-dealkylation sites (tertiary alicyclic amines) is 1. The van der Waals surface area contributed by atoms with Gasteiger partial charge < -0.3 is 16.2 Å². The third-order valence-corrected chi connectivity index (χ3v) is 6.66. The number of nitrogens with one attached hydrogen (secondary N) is 1. The van der Waals surface area contributed by atoms with E-state index in [1.54, 1.807) is 23.7 Å². The van der Waals surface area contributed by atoms with E-state index >= 15 is 0 Å². The minimum atomic E-state index is -4.55. The van der Waals surface area contributed by atoms with Gasteiger partial charge in [-0.15, -0.1) is 5.92 Å². The van der Waals surface area contributed by atoms with Crippen LogP contribution >= 0.6 is 0 Å². The molecule has 1 aromatic carbocycles. The smallest absolute Gasteiger partial charge is 0.383 e. The maximum atomic E-state index is 13.0. The highest BCUT2D eigenvalue weighted by Crippen LogP contribution is 2.34. The number of aliphatic hydroxyl groups is 1. The molecule has 0 radical (unpaired) electrons. The van der Waals surface area contributed by atoms with Crippen molar-refractivity contribution < 1.29 is 23.1 Å². The highest BCUT2D eigenvalue weighted by molar-refractivity contribution is 6.04. The van der Waals surface area contributed by atoms with Crippen LogP contribution in [0.2, 0.25) is 0 Å². The summed E-state index contributed by atoms with van der Waals surface area (Å²) in [4.78, 5) is 27.0. The fraction of sp³-hybridized carbons (Fsp3) is 0.296. The van der Waals surface area contributed by atoms with Gasteiger partial charge in [0.25, 0.3) is 5.91 Å². The van der Waals surface area contributed by atoms with Crippen LogP contribution in [-0.2, 0) is 6.18 Å². The first kappa shape index (κ1) is 27.0. The van der Waals surface area contributed by atoms with Crippen molar-refractivity contribution in [3.63, 3.8) is 0 Å². The number of rotatable bonds is 5. The molecular formula is C27H25F3N8O2. The zero-order valence-electron chi connectivity index (χ0n) is 21.4. The average molecular weight is 551 g/mol. The fourth-order valence-electron chi connectivity index (χ4n) is 4.72. The molecule has 0 bridgehead atoms. The maximum Gasteiger partial charge on any atom is 0.416 e. The predicted octanol–water partition coefficient (Wildman–Crippen LogP) is 3.72.